The molecule has 94 valence electrons. The highest BCUT2D eigenvalue weighted by Crippen LogP contribution is 2.21. The standard InChI is InChI=1S/C11H18N4O2/c1-8-13-9(6-11(12)14-8)10-7-15(2-4-16)3-5-17-10/h6,10,16H,2-5,7H2,1H3,(H2,12,13,14). The highest BCUT2D eigenvalue weighted by atomic mass is 16.5. The monoisotopic (exact) mass is 238 g/mol. The predicted molar refractivity (Wildman–Crippen MR) is 63.4 cm³/mol. The van der Waals surface area contributed by atoms with E-state index in [-0.39, 0.29) is 12.7 Å². The van der Waals surface area contributed by atoms with Gasteiger partial charge in [0, 0.05) is 25.7 Å². The van der Waals surface area contributed by atoms with Gasteiger partial charge in [0.15, 0.2) is 0 Å². The third-order valence-corrected chi connectivity index (χ3v) is 2.77. The van der Waals surface area contributed by atoms with Gasteiger partial charge in [0.05, 0.1) is 18.9 Å². The number of β-amino-alcohol motifs (C(OH)–C–C–N with tert-alkyl or cyclic N) is 1. The minimum Gasteiger partial charge on any atom is -0.395 e. The van der Waals surface area contributed by atoms with Crippen molar-refractivity contribution in [2.75, 3.05) is 38.6 Å². The van der Waals surface area contributed by atoms with Crippen molar-refractivity contribution in [1.29, 1.82) is 0 Å². The first kappa shape index (κ1) is 12.2. The molecule has 1 aliphatic rings. The molecule has 1 unspecified atom stereocenters. The summed E-state index contributed by atoms with van der Waals surface area (Å²) in [6.07, 6.45) is -0.0840. The Morgan fingerprint density at radius 3 is 3.12 bits per heavy atom. The number of ether oxygens (including phenoxy) is 1. The van der Waals surface area contributed by atoms with Crippen molar-refractivity contribution in [1.82, 2.24) is 14.9 Å². The first-order valence-electron chi connectivity index (χ1n) is 5.75. The summed E-state index contributed by atoms with van der Waals surface area (Å²) in [5.74, 6) is 1.12. The maximum Gasteiger partial charge on any atom is 0.128 e. The van der Waals surface area contributed by atoms with Gasteiger partial charge in [0.2, 0.25) is 0 Å². The average molecular weight is 238 g/mol. The molecule has 6 nitrogen and oxygen atoms in total. The zero-order chi connectivity index (χ0) is 12.3. The van der Waals surface area contributed by atoms with E-state index in [1.165, 1.54) is 0 Å². The van der Waals surface area contributed by atoms with Crippen LogP contribution in [0.25, 0.3) is 0 Å². The molecule has 1 fully saturated rings. The normalized spacial score (nSPS) is 21.6. The second-order valence-corrected chi connectivity index (χ2v) is 4.15. The molecule has 1 aliphatic heterocycles. The Morgan fingerprint density at radius 1 is 1.59 bits per heavy atom. The van der Waals surface area contributed by atoms with E-state index in [0.29, 0.717) is 24.8 Å². The van der Waals surface area contributed by atoms with Crippen molar-refractivity contribution in [3.63, 3.8) is 0 Å². The molecule has 1 atom stereocenters. The van der Waals surface area contributed by atoms with Gasteiger partial charge in [-0.1, -0.05) is 0 Å². The van der Waals surface area contributed by atoms with Gasteiger partial charge in [-0.05, 0) is 6.92 Å². The summed E-state index contributed by atoms with van der Waals surface area (Å²) in [5, 5.41) is 8.94. The van der Waals surface area contributed by atoms with Gasteiger partial charge in [-0.3, -0.25) is 4.90 Å². The highest BCUT2D eigenvalue weighted by molar-refractivity contribution is 5.30. The molecule has 0 spiro atoms. The number of anilines is 1. The van der Waals surface area contributed by atoms with Crippen LogP contribution in [0.3, 0.4) is 0 Å². The summed E-state index contributed by atoms with van der Waals surface area (Å²) in [6, 6.07) is 1.75. The third-order valence-electron chi connectivity index (χ3n) is 2.77. The molecule has 0 radical (unpaired) electrons. The molecule has 0 aromatic carbocycles. The maximum atomic E-state index is 8.94. The Morgan fingerprint density at radius 2 is 2.41 bits per heavy atom. The van der Waals surface area contributed by atoms with E-state index in [4.69, 9.17) is 15.6 Å². The number of nitrogens with zero attached hydrogens (tertiary/aromatic N) is 3. The molecule has 0 saturated carbocycles. The number of rotatable bonds is 3. The van der Waals surface area contributed by atoms with Crippen LogP contribution in [0.5, 0.6) is 0 Å². The van der Waals surface area contributed by atoms with E-state index in [1.807, 2.05) is 6.92 Å². The van der Waals surface area contributed by atoms with Crippen LogP contribution in [0, 0.1) is 6.92 Å². The van der Waals surface area contributed by atoms with Gasteiger partial charge >= 0.3 is 0 Å². The Balaban J connectivity index is 2.10. The number of nitrogen functional groups attached to an aromatic ring is 1. The van der Waals surface area contributed by atoms with Gasteiger partial charge in [0.1, 0.15) is 17.7 Å². The number of aryl methyl sites for hydroxylation is 1. The molecule has 2 heterocycles. The second-order valence-electron chi connectivity index (χ2n) is 4.15. The molecule has 1 saturated heterocycles. The molecule has 17 heavy (non-hydrogen) atoms. The number of aliphatic hydroxyl groups is 1. The van der Waals surface area contributed by atoms with E-state index in [0.717, 1.165) is 18.8 Å². The largest absolute Gasteiger partial charge is 0.395 e. The lowest BCUT2D eigenvalue weighted by Crippen LogP contribution is -2.40. The minimum atomic E-state index is -0.0840. The molecular formula is C11H18N4O2. The smallest absolute Gasteiger partial charge is 0.128 e. The average Bonchev–Trinajstić information content (AvgIpc) is 2.28. The summed E-state index contributed by atoms with van der Waals surface area (Å²) in [4.78, 5) is 10.5. The van der Waals surface area contributed by atoms with Crippen LogP contribution in [-0.2, 0) is 4.74 Å². The van der Waals surface area contributed by atoms with Crippen LogP contribution in [0.1, 0.15) is 17.6 Å². The van der Waals surface area contributed by atoms with E-state index >= 15 is 0 Å². The van der Waals surface area contributed by atoms with Crippen LogP contribution < -0.4 is 5.73 Å². The first-order chi connectivity index (χ1) is 8.19. The van der Waals surface area contributed by atoms with E-state index < -0.39 is 0 Å². The maximum absolute atomic E-state index is 8.94. The SMILES string of the molecule is Cc1nc(N)cc(C2CN(CCO)CCO2)n1. The van der Waals surface area contributed by atoms with Crippen molar-refractivity contribution in [2.24, 2.45) is 0 Å². The summed E-state index contributed by atoms with van der Waals surface area (Å²) in [6.45, 7) is 4.87. The topological polar surface area (TPSA) is 84.5 Å². The molecular weight excluding hydrogens is 220 g/mol. The molecule has 6 heteroatoms. The van der Waals surface area contributed by atoms with Gasteiger partial charge in [-0.2, -0.15) is 0 Å². The Kier molecular flexibility index (Phi) is 3.88. The zero-order valence-electron chi connectivity index (χ0n) is 9.96. The fourth-order valence-corrected chi connectivity index (χ4v) is 2.01. The van der Waals surface area contributed by atoms with Crippen LogP contribution in [0.15, 0.2) is 6.07 Å². The van der Waals surface area contributed by atoms with Gasteiger partial charge < -0.3 is 15.6 Å². The number of nitrogens with two attached hydrogens (primary N) is 1. The van der Waals surface area contributed by atoms with Crippen LogP contribution >= 0.6 is 0 Å². The summed E-state index contributed by atoms with van der Waals surface area (Å²) in [7, 11) is 0. The van der Waals surface area contributed by atoms with Crippen molar-refractivity contribution < 1.29 is 9.84 Å². The number of morpholine rings is 1. The number of aromatic nitrogens is 2. The highest BCUT2D eigenvalue weighted by Gasteiger charge is 2.23. The molecule has 1 aromatic heterocycles. The van der Waals surface area contributed by atoms with Crippen molar-refractivity contribution in [3.8, 4) is 0 Å². The van der Waals surface area contributed by atoms with Crippen LogP contribution in [0.4, 0.5) is 5.82 Å². The van der Waals surface area contributed by atoms with Crippen LogP contribution in [-0.4, -0.2) is 52.8 Å². The van der Waals surface area contributed by atoms with Crippen molar-refractivity contribution >= 4 is 5.82 Å². The second kappa shape index (κ2) is 5.39. The molecule has 1 aromatic rings. The number of hydrogen-bond acceptors (Lipinski definition) is 6. The Hall–Kier alpha value is -1.24. The quantitative estimate of drug-likeness (QED) is 0.754. The summed E-state index contributed by atoms with van der Waals surface area (Å²) < 4.78 is 5.68. The molecule has 0 amide bonds. The molecule has 0 bridgehead atoms. The summed E-state index contributed by atoms with van der Waals surface area (Å²) >= 11 is 0. The number of hydrogen-bond donors (Lipinski definition) is 2. The lowest BCUT2D eigenvalue weighted by atomic mass is 10.2. The summed E-state index contributed by atoms with van der Waals surface area (Å²) in [5.41, 5.74) is 6.52. The fourth-order valence-electron chi connectivity index (χ4n) is 2.01. The van der Waals surface area contributed by atoms with E-state index in [1.54, 1.807) is 6.07 Å². The zero-order valence-corrected chi connectivity index (χ0v) is 9.96. The predicted octanol–water partition coefficient (Wildman–Crippen LogP) is -0.267. The molecule has 0 aliphatic carbocycles. The van der Waals surface area contributed by atoms with Gasteiger partial charge in [-0.15, -0.1) is 0 Å². The fraction of sp³-hybridized carbons (Fsp3) is 0.636. The van der Waals surface area contributed by atoms with Crippen molar-refractivity contribution in [3.05, 3.63) is 17.6 Å². The first-order valence-corrected chi connectivity index (χ1v) is 5.75. The van der Waals surface area contributed by atoms with E-state index in [9.17, 15) is 0 Å². The van der Waals surface area contributed by atoms with E-state index in [2.05, 4.69) is 14.9 Å². The van der Waals surface area contributed by atoms with Crippen LogP contribution in [0.2, 0.25) is 0 Å². The Bertz CT molecular complexity index is 363. The lowest BCUT2D eigenvalue weighted by Gasteiger charge is -2.32. The number of aliphatic hydroxyl groups excluding tert-OH is 1. The van der Waals surface area contributed by atoms with Gasteiger partial charge in [-0.25, -0.2) is 9.97 Å². The lowest BCUT2D eigenvalue weighted by molar-refractivity contribution is -0.0358. The Labute approximate surface area is 100 Å². The minimum absolute atomic E-state index is 0.0840. The van der Waals surface area contributed by atoms with Gasteiger partial charge in [0.25, 0.3) is 0 Å². The molecule has 2 rings (SSSR count). The third kappa shape index (κ3) is 3.12. The van der Waals surface area contributed by atoms with Crippen molar-refractivity contribution in [2.45, 2.75) is 13.0 Å². The molecule has 3 N–H and O–H groups in total.